The summed E-state index contributed by atoms with van der Waals surface area (Å²) in [4.78, 5) is 11.4. The van der Waals surface area contributed by atoms with Crippen LogP contribution in [0.2, 0.25) is 0 Å². The van der Waals surface area contributed by atoms with Gasteiger partial charge in [0.05, 0.1) is 5.69 Å². The molecule has 2 aromatic carbocycles. The van der Waals surface area contributed by atoms with Crippen LogP contribution >= 0.6 is 0 Å². The Bertz CT molecular complexity index is 809. The lowest BCUT2D eigenvalue weighted by atomic mass is 10.1. The predicted octanol–water partition coefficient (Wildman–Crippen LogP) is 4.15. The normalized spacial score (nSPS) is 13.2. The highest BCUT2D eigenvalue weighted by Crippen LogP contribution is 2.32. The van der Waals surface area contributed by atoms with E-state index in [-0.39, 0.29) is 0 Å². The Labute approximate surface area is 130 Å². The zero-order chi connectivity index (χ0) is 14.9. The van der Waals surface area contributed by atoms with Crippen LogP contribution in [0, 0.1) is 6.92 Å². The van der Waals surface area contributed by atoms with Gasteiger partial charge in [0.25, 0.3) is 0 Å². The van der Waals surface area contributed by atoms with E-state index in [4.69, 9.17) is 4.98 Å². The first-order chi connectivity index (χ1) is 10.8. The van der Waals surface area contributed by atoms with Crippen molar-refractivity contribution in [2.24, 2.45) is 0 Å². The van der Waals surface area contributed by atoms with Crippen LogP contribution in [-0.4, -0.2) is 16.5 Å². The predicted molar refractivity (Wildman–Crippen MR) is 89.4 cm³/mol. The standard InChI is InChI=1S/C19H17N3/c1-14-6-8-15(9-7-14)17-10-12-20-19(21-17)22-13-11-16-4-2-3-5-18(16)22/h2-10,12H,11,13H2,1H3. The molecule has 1 aliphatic heterocycles. The Kier molecular flexibility index (Phi) is 3.11. The lowest BCUT2D eigenvalue weighted by molar-refractivity contribution is 0.941. The van der Waals surface area contributed by atoms with Crippen molar-refractivity contribution in [1.29, 1.82) is 0 Å². The maximum Gasteiger partial charge on any atom is 0.230 e. The molecule has 0 saturated heterocycles. The minimum absolute atomic E-state index is 0.781. The third kappa shape index (κ3) is 2.25. The molecule has 0 fully saturated rings. The summed E-state index contributed by atoms with van der Waals surface area (Å²) < 4.78 is 0. The van der Waals surface area contributed by atoms with Gasteiger partial charge < -0.3 is 4.90 Å². The Morgan fingerprint density at radius 2 is 1.77 bits per heavy atom. The fourth-order valence-corrected chi connectivity index (χ4v) is 2.91. The van der Waals surface area contributed by atoms with Crippen molar-refractivity contribution in [3.05, 3.63) is 71.9 Å². The third-order valence-corrected chi connectivity index (χ3v) is 4.12. The highest BCUT2D eigenvalue weighted by molar-refractivity contribution is 5.67. The van der Waals surface area contributed by atoms with Gasteiger partial charge in [0, 0.05) is 24.0 Å². The summed E-state index contributed by atoms with van der Waals surface area (Å²) in [6.07, 6.45) is 2.90. The van der Waals surface area contributed by atoms with Crippen molar-refractivity contribution < 1.29 is 0 Å². The highest BCUT2D eigenvalue weighted by atomic mass is 15.3. The summed E-state index contributed by atoms with van der Waals surface area (Å²) in [5.41, 5.74) is 5.94. The van der Waals surface area contributed by atoms with Crippen LogP contribution in [0.3, 0.4) is 0 Å². The van der Waals surface area contributed by atoms with Crippen molar-refractivity contribution in [3.63, 3.8) is 0 Å². The fraction of sp³-hybridized carbons (Fsp3) is 0.158. The van der Waals surface area contributed by atoms with E-state index in [1.165, 1.54) is 16.8 Å². The van der Waals surface area contributed by atoms with E-state index in [0.717, 1.165) is 30.2 Å². The maximum absolute atomic E-state index is 4.77. The molecule has 3 heteroatoms. The summed E-state index contributed by atoms with van der Waals surface area (Å²) >= 11 is 0. The molecule has 108 valence electrons. The smallest absolute Gasteiger partial charge is 0.230 e. The van der Waals surface area contributed by atoms with Gasteiger partial charge in [-0.15, -0.1) is 0 Å². The van der Waals surface area contributed by atoms with E-state index >= 15 is 0 Å². The van der Waals surface area contributed by atoms with Crippen molar-refractivity contribution in [2.75, 3.05) is 11.4 Å². The molecule has 1 aromatic heterocycles. The molecule has 1 aliphatic rings. The van der Waals surface area contributed by atoms with Crippen LogP contribution in [0.1, 0.15) is 11.1 Å². The fourth-order valence-electron chi connectivity index (χ4n) is 2.91. The molecule has 4 rings (SSSR count). The number of hydrogen-bond acceptors (Lipinski definition) is 3. The van der Waals surface area contributed by atoms with Crippen LogP contribution in [-0.2, 0) is 6.42 Å². The van der Waals surface area contributed by atoms with Gasteiger partial charge in [-0.2, -0.15) is 0 Å². The van der Waals surface area contributed by atoms with Gasteiger partial charge in [0.15, 0.2) is 0 Å². The second kappa shape index (κ2) is 5.26. The Balaban J connectivity index is 1.73. The zero-order valence-corrected chi connectivity index (χ0v) is 12.5. The lowest BCUT2D eigenvalue weighted by Gasteiger charge is -2.17. The van der Waals surface area contributed by atoms with Crippen molar-refractivity contribution in [2.45, 2.75) is 13.3 Å². The second-order valence-corrected chi connectivity index (χ2v) is 5.64. The number of hydrogen-bond donors (Lipinski definition) is 0. The summed E-state index contributed by atoms with van der Waals surface area (Å²) in [5, 5.41) is 0. The molecule has 0 bridgehead atoms. The largest absolute Gasteiger partial charge is 0.310 e. The lowest BCUT2D eigenvalue weighted by Crippen LogP contribution is -2.16. The van der Waals surface area contributed by atoms with E-state index in [0.29, 0.717) is 0 Å². The zero-order valence-electron chi connectivity index (χ0n) is 12.5. The van der Waals surface area contributed by atoms with Gasteiger partial charge in [-0.25, -0.2) is 9.97 Å². The molecule has 0 radical (unpaired) electrons. The Morgan fingerprint density at radius 1 is 0.955 bits per heavy atom. The number of aryl methyl sites for hydroxylation is 1. The molecule has 3 nitrogen and oxygen atoms in total. The number of nitrogens with zero attached hydrogens (tertiary/aromatic N) is 3. The molecular weight excluding hydrogens is 270 g/mol. The third-order valence-electron chi connectivity index (χ3n) is 4.12. The van der Waals surface area contributed by atoms with E-state index in [9.17, 15) is 0 Å². The number of rotatable bonds is 2. The average Bonchev–Trinajstić information content (AvgIpc) is 3.00. The van der Waals surface area contributed by atoms with Gasteiger partial charge in [0.1, 0.15) is 0 Å². The topological polar surface area (TPSA) is 29.0 Å². The van der Waals surface area contributed by atoms with Gasteiger partial charge in [-0.3, -0.25) is 0 Å². The first-order valence-corrected chi connectivity index (χ1v) is 7.57. The first-order valence-electron chi connectivity index (χ1n) is 7.57. The van der Waals surface area contributed by atoms with E-state index in [1.54, 1.807) is 0 Å². The molecule has 0 unspecified atom stereocenters. The molecular formula is C19H17N3. The van der Waals surface area contributed by atoms with Crippen LogP contribution in [0.5, 0.6) is 0 Å². The van der Waals surface area contributed by atoms with Crippen molar-refractivity contribution >= 4 is 11.6 Å². The summed E-state index contributed by atoms with van der Waals surface area (Å²) in [7, 11) is 0. The van der Waals surface area contributed by atoms with Crippen LogP contribution in [0.4, 0.5) is 11.6 Å². The van der Waals surface area contributed by atoms with Crippen LogP contribution < -0.4 is 4.90 Å². The molecule has 0 saturated carbocycles. The summed E-state index contributed by atoms with van der Waals surface area (Å²) in [6, 6.07) is 18.9. The van der Waals surface area contributed by atoms with Gasteiger partial charge in [0.2, 0.25) is 5.95 Å². The second-order valence-electron chi connectivity index (χ2n) is 5.64. The van der Waals surface area contributed by atoms with Crippen molar-refractivity contribution in [1.82, 2.24) is 9.97 Å². The van der Waals surface area contributed by atoms with Crippen molar-refractivity contribution in [3.8, 4) is 11.3 Å². The number of benzene rings is 2. The Morgan fingerprint density at radius 3 is 2.64 bits per heavy atom. The molecule has 0 spiro atoms. The monoisotopic (exact) mass is 287 g/mol. The minimum Gasteiger partial charge on any atom is -0.310 e. The molecule has 0 N–H and O–H groups in total. The number of para-hydroxylation sites is 1. The van der Waals surface area contributed by atoms with Crippen LogP contribution in [0.25, 0.3) is 11.3 Å². The molecule has 3 aromatic rings. The van der Waals surface area contributed by atoms with Crippen LogP contribution in [0.15, 0.2) is 60.8 Å². The average molecular weight is 287 g/mol. The first kappa shape index (κ1) is 13.0. The summed E-state index contributed by atoms with van der Waals surface area (Å²) in [6.45, 7) is 3.03. The van der Waals surface area contributed by atoms with E-state index < -0.39 is 0 Å². The van der Waals surface area contributed by atoms with E-state index in [2.05, 4.69) is 65.3 Å². The Hall–Kier alpha value is -2.68. The SMILES string of the molecule is Cc1ccc(-c2ccnc(N3CCc4ccccc43)n2)cc1. The molecule has 0 atom stereocenters. The molecule has 22 heavy (non-hydrogen) atoms. The maximum atomic E-state index is 4.77. The van der Waals surface area contributed by atoms with Gasteiger partial charge in [-0.1, -0.05) is 48.0 Å². The van der Waals surface area contributed by atoms with E-state index in [1.807, 2.05) is 12.3 Å². The molecule has 0 aliphatic carbocycles. The number of fused-ring (bicyclic) bond motifs is 1. The highest BCUT2D eigenvalue weighted by Gasteiger charge is 2.21. The summed E-state index contributed by atoms with van der Waals surface area (Å²) in [5.74, 6) is 0.781. The number of aromatic nitrogens is 2. The minimum atomic E-state index is 0.781. The number of anilines is 2. The van der Waals surface area contributed by atoms with Gasteiger partial charge >= 0.3 is 0 Å². The molecule has 2 heterocycles. The molecule has 0 amide bonds. The van der Waals surface area contributed by atoms with Gasteiger partial charge in [-0.05, 0) is 31.0 Å². The quantitative estimate of drug-likeness (QED) is 0.709.